The monoisotopic (exact) mass is 590 g/mol. The first-order valence-electron chi connectivity index (χ1n) is 9.22. The first-order valence-corrected chi connectivity index (χ1v) is 11.5. The van der Waals surface area contributed by atoms with Crippen LogP contribution in [0, 0.1) is 3.57 Å². The minimum absolute atomic E-state index is 0.0624. The highest BCUT2D eigenvalue weighted by molar-refractivity contribution is 14.1. The van der Waals surface area contributed by atoms with Gasteiger partial charge in [0.25, 0.3) is 11.8 Å². The Bertz CT molecular complexity index is 1110. The standard InChI is InChI=1S/C21H17Cl2IN2O4S/c1-3-29-17-9-11(8-15(24)18(17)30-4-2)7-13-19(27)25-21(31)26(20(13)28)16-6-5-12(22)10-14(16)23/h5-10H,3-4H2,1-2H3,(H,25,27,31). The average molecular weight is 591 g/mol. The number of hydrogen-bond acceptors (Lipinski definition) is 5. The van der Waals surface area contributed by atoms with Crippen molar-refractivity contribution in [2.24, 2.45) is 0 Å². The molecule has 1 fully saturated rings. The van der Waals surface area contributed by atoms with Crippen LogP contribution in [0.3, 0.4) is 0 Å². The smallest absolute Gasteiger partial charge is 0.270 e. The van der Waals surface area contributed by atoms with Crippen LogP contribution in [-0.2, 0) is 9.59 Å². The van der Waals surface area contributed by atoms with Crippen molar-refractivity contribution in [3.63, 3.8) is 0 Å². The van der Waals surface area contributed by atoms with Gasteiger partial charge in [-0.1, -0.05) is 23.2 Å². The second-order valence-electron chi connectivity index (χ2n) is 6.25. The van der Waals surface area contributed by atoms with Gasteiger partial charge in [-0.15, -0.1) is 0 Å². The van der Waals surface area contributed by atoms with Crippen LogP contribution in [0.15, 0.2) is 35.9 Å². The number of thiocarbonyl (C=S) groups is 1. The Morgan fingerprint density at radius 3 is 2.48 bits per heavy atom. The largest absolute Gasteiger partial charge is 0.490 e. The SMILES string of the molecule is CCOc1cc(C=C2C(=O)NC(=S)N(c3ccc(Cl)cc3Cl)C2=O)cc(I)c1OCC. The minimum Gasteiger partial charge on any atom is -0.490 e. The van der Waals surface area contributed by atoms with E-state index in [9.17, 15) is 9.59 Å². The zero-order chi connectivity index (χ0) is 22.7. The number of halogens is 3. The summed E-state index contributed by atoms with van der Waals surface area (Å²) in [5.41, 5.74) is 0.829. The Morgan fingerprint density at radius 2 is 1.84 bits per heavy atom. The van der Waals surface area contributed by atoms with Crippen molar-refractivity contribution >= 4 is 86.7 Å². The van der Waals surface area contributed by atoms with Crippen molar-refractivity contribution in [2.45, 2.75) is 13.8 Å². The molecule has 3 rings (SSSR count). The lowest BCUT2D eigenvalue weighted by Gasteiger charge is -2.29. The molecule has 1 aliphatic rings. The third-order valence-corrected chi connectivity index (χ3v) is 5.81. The van der Waals surface area contributed by atoms with Gasteiger partial charge < -0.3 is 9.47 Å². The molecule has 1 saturated heterocycles. The van der Waals surface area contributed by atoms with E-state index < -0.39 is 11.8 Å². The Hall–Kier alpha value is -1.88. The number of benzene rings is 2. The van der Waals surface area contributed by atoms with Crippen LogP contribution in [0.5, 0.6) is 11.5 Å². The zero-order valence-corrected chi connectivity index (χ0v) is 21.0. The number of amides is 2. The van der Waals surface area contributed by atoms with E-state index in [0.29, 0.717) is 41.0 Å². The van der Waals surface area contributed by atoms with Gasteiger partial charge in [0.1, 0.15) is 5.57 Å². The van der Waals surface area contributed by atoms with Gasteiger partial charge in [-0.05, 0) is 90.6 Å². The molecule has 0 aliphatic carbocycles. The topological polar surface area (TPSA) is 67.9 Å². The van der Waals surface area contributed by atoms with E-state index in [1.54, 1.807) is 24.3 Å². The molecular formula is C21H17Cl2IN2O4S. The molecule has 10 heteroatoms. The molecule has 0 aromatic heterocycles. The zero-order valence-electron chi connectivity index (χ0n) is 16.5. The summed E-state index contributed by atoms with van der Waals surface area (Å²) in [5.74, 6) is -0.0554. The van der Waals surface area contributed by atoms with Gasteiger partial charge in [-0.3, -0.25) is 19.8 Å². The molecule has 162 valence electrons. The van der Waals surface area contributed by atoms with Crippen molar-refractivity contribution in [1.82, 2.24) is 5.32 Å². The van der Waals surface area contributed by atoms with Crippen LogP contribution in [0.25, 0.3) is 6.08 Å². The first kappa shape index (κ1) is 23.8. The fraction of sp³-hybridized carbons (Fsp3) is 0.190. The van der Waals surface area contributed by atoms with E-state index >= 15 is 0 Å². The van der Waals surface area contributed by atoms with E-state index in [2.05, 4.69) is 27.9 Å². The van der Waals surface area contributed by atoms with Crippen molar-refractivity contribution in [1.29, 1.82) is 0 Å². The van der Waals surface area contributed by atoms with Crippen LogP contribution in [0.4, 0.5) is 5.69 Å². The number of anilines is 1. The molecule has 0 bridgehead atoms. The van der Waals surface area contributed by atoms with E-state index in [4.69, 9.17) is 44.9 Å². The number of rotatable bonds is 6. The number of hydrogen-bond donors (Lipinski definition) is 1. The Morgan fingerprint density at radius 1 is 1.13 bits per heavy atom. The lowest BCUT2D eigenvalue weighted by atomic mass is 10.1. The predicted molar refractivity (Wildman–Crippen MR) is 134 cm³/mol. The maximum Gasteiger partial charge on any atom is 0.270 e. The fourth-order valence-corrected chi connectivity index (χ4v) is 4.47. The van der Waals surface area contributed by atoms with E-state index in [0.717, 1.165) is 3.57 Å². The van der Waals surface area contributed by atoms with Gasteiger partial charge in [0.2, 0.25) is 0 Å². The van der Waals surface area contributed by atoms with Crippen molar-refractivity contribution in [3.05, 3.63) is 55.1 Å². The van der Waals surface area contributed by atoms with Crippen LogP contribution < -0.4 is 19.7 Å². The maximum atomic E-state index is 13.2. The summed E-state index contributed by atoms with van der Waals surface area (Å²) >= 11 is 19.5. The number of ether oxygens (including phenoxy) is 2. The number of nitrogens with one attached hydrogen (secondary N) is 1. The van der Waals surface area contributed by atoms with E-state index in [1.807, 2.05) is 13.8 Å². The summed E-state index contributed by atoms with van der Waals surface area (Å²) in [4.78, 5) is 27.0. The molecule has 0 atom stereocenters. The summed E-state index contributed by atoms with van der Waals surface area (Å²) in [5, 5.41) is 3.12. The lowest BCUT2D eigenvalue weighted by Crippen LogP contribution is -2.54. The number of carbonyl (C=O) groups is 2. The quantitative estimate of drug-likeness (QED) is 0.216. The van der Waals surface area contributed by atoms with Gasteiger partial charge in [-0.25, -0.2) is 0 Å². The van der Waals surface area contributed by atoms with Crippen LogP contribution in [0.1, 0.15) is 19.4 Å². The molecule has 2 aromatic carbocycles. The van der Waals surface area contributed by atoms with E-state index in [-0.39, 0.29) is 15.7 Å². The molecule has 2 amide bonds. The summed E-state index contributed by atoms with van der Waals surface area (Å²) in [6.07, 6.45) is 1.48. The summed E-state index contributed by atoms with van der Waals surface area (Å²) < 4.78 is 12.1. The second-order valence-corrected chi connectivity index (χ2v) is 8.64. The van der Waals surface area contributed by atoms with Crippen LogP contribution in [0.2, 0.25) is 10.0 Å². The number of carbonyl (C=O) groups excluding carboxylic acids is 2. The van der Waals surface area contributed by atoms with Gasteiger partial charge >= 0.3 is 0 Å². The normalized spacial score (nSPS) is 15.3. The van der Waals surface area contributed by atoms with Crippen molar-refractivity contribution in [3.8, 4) is 11.5 Å². The Kier molecular flexibility index (Phi) is 7.79. The molecule has 31 heavy (non-hydrogen) atoms. The van der Waals surface area contributed by atoms with Crippen molar-refractivity contribution < 1.29 is 19.1 Å². The Labute approximate surface area is 208 Å². The summed E-state index contributed by atoms with van der Waals surface area (Å²) in [6, 6.07) is 8.17. The highest BCUT2D eigenvalue weighted by atomic mass is 127. The highest BCUT2D eigenvalue weighted by Crippen LogP contribution is 2.36. The first-order chi connectivity index (χ1) is 14.8. The molecule has 1 aliphatic heterocycles. The molecule has 6 nitrogen and oxygen atoms in total. The minimum atomic E-state index is -0.599. The van der Waals surface area contributed by atoms with Crippen LogP contribution in [-0.4, -0.2) is 30.1 Å². The Balaban J connectivity index is 2.06. The third-order valence-electron chi connectivity index (χ3n) is 4.18. The third kappa shape index (κ3) is 5.14. The molecule has 0 spiro atoms. The molecule has 0 unspecified atom stereocenters. The fourth-order valence-electron chi connectivity index (χ4n) is 2.92. The lowest BCUT2D eigenvalue weighted by molar-refractivity contribution is -0.122. The maximum absolute atomic E-state index is 13.2. The molecule has 0 radical (unpaired) electrons. The molecule has 1 heterocycles. The average Bonchev–Trinajstić information content (AvgIpc) is 2.69. The van der Waals surface area contributed by atoms with E-state index in [1.165, 1.54) is 17.0 Å². The van der Waals surface area contributed by atoms with Crippen LogP contribution >= 0.6 is 58.0 Å². The van der Waals surface area contributed by atoms with Gasteiger partial charge in [0, 0.05) is 5.02 Å². The van der Waals surface area contributed by atoms with Gasteiger partial charge in [0.05, 0.1) is 27.5 Å². The summed E-state index contributed by atoms with van der Waals surface area (Å²) in [6.45, 7) is 4.66. The predicted octanol–water partition coefficient (Wildman–Crippen LogP) is 5.23. The van der Waals surface area contributed by atoms with Gasteiger partial charge in [0.15, 0.2) is 16.6 Å². The highest BCUT2D eigenvalue weighted by Gasteiger charge is 2.35. The van der Waals surface area contributed by atoms with Gasteiger partial charge in [-0.2, -0.15) is 0 Å². The molecular weight excluding hydrogens is 574 g/mol. The molecule has 2 aromatic rings. The molecule has 0 saturated carbocycles. The number of nitrogens with zero attached hydrogens (tertiary/aromatic N) is 1. The second kappa shape index (κ2) is 10.2. The van der Waals surface area contributed by atoms with Crippen molar-refractivity contribution in [2.75, 3.05) is 18.1 Å². The molecule has 1 N–H and O–H groups in total. The summed E-state index contributed by atoms with van der Waals surface area (Å²) in [7, 11) is 0.